The molecule has 1 heterocycles. The van der Waals surface area contributed by atoms with Crippen molar-refractivity contribution in [3.63, 3.8) is 0 Å². The summed E-state index contributed by atoms with van der Waals surface area (Å²) in [7, 11) is -0.758. The Labute approximate surface area is 201 Å². The number of rotatable bonds is 10. The number of sulfonamides is 1. The molecule has 33 heavy (non-hydrogen) atoms. The Balaban J connectivity index is 1.42. The van der Waals surface area contributed by atoms with Crippen LogP contribution in [0.15, 0.2) is 51.7 Å². The highest BCUT2D eigenvalue weighted by Gasteiger charge is 2.19. The number of hydrogen-bond acceptors (Lipinski definition) is 8. The molecule has 1 aromatic heterocycles. The lowest BCUT2D eigenvalue weighted by Crippen LogP contribution is -2.23. The molecule has 0 aliphatic heterocycles. The first-order valence-electron chi connectivity index (χ1n) is 10.1. The number of aryl methyl sites for hydroxylation is 1. The van der Waals surface area contributed by atoms with Gasteiger partial charge in [0.1, 0.15) is 0 Å². The van der Waals surface area contributed by atoms with Gasteiger partial charge >= 0.3 is 5.97 Å². The number of aromatic nitrogens is 1. The number of thiazole rings is 1. The third kappa shape index (κ3) is 6.76. The van der Waals surface area contributed by atoms with E-state index in [2.05, 4.69) is 10.3 Å². The van der Waals surface area contributed by atoms with Gasteiger partial charge in [-0.3, -0.25) is 9.59 Å². The van der Waals surface area contributed by atoms with E-state index in [9.17, 15) is 18.0 Å². The predicted octanol–water partition coefficient (Wildman–Crippen LogP) is 3.91. The molecule has 0 saturated carbocycles. The van der Waals surface area contributed by atoms with Gasteiger partial charge in [0, 0.05) is 32.0 Å². The van der Waals surface area contributed by atoms with Crippen molar-refractivity contribution in [1.82, 2.24) is 9.29 Å². The number of para-hydroxylation sites is 1. The highest BCUT2D eigenvalue weighted by molar-refractivity contribution is 8.01. The number of esters is 1. The molecule has 0 unspecified atom stereocenters. The monoisotopic (exact) mass is 507 g/mol. The van der Waals surface area contributed by atoms with E-state index in [0.29, 0.717) is 23.4 Å². The molecule has 176 valence electrons. The summed E-state index contributed by atoms with van der Waals surface area (Å²) in [6.45, 7) is 1.31. The Morgan fingerprint density at radius 3 is 2.67 bits per heavy atom. The number of ether oxygens (including phenoxy) is 1. The van der Waals surface area contributed by atoms with Crippen LogP contribution in [0.1, 0.15) is 18.4 Å². The summed E-state index contributed by atoms with van der Waals surface area (Å²) in [4.78, 5) is 28.8. The van der Waals surface area contributed by atoms with E-state index in [0.717, 1.165) is 18.9 Å². The Bertz CT molecular complexity index is 1220. The molecule has 0 aliphatic rings. The van der Waals surface area contributed by atoms with Gasteiger partial charge in [0.05, 0.1) is 15.1 Å². The maximum absolute atomic E-state index is 12.3. The highest BCUT2D eigenvalue weighted by atomic mass is 32.2. The molecule has 8 nitrogen and oxygen atoms in total. The number of anilines is 1. The van der Waals surface area contributed by atoms with E-state index in [4.69, 9.17) is 4.74 Å². The van der Waals surface area contributed by atoms with Gasteiger partial charge in [-0.15, -0.1) is 11.3 Å². The number of carbonyl (C=O) groups is 2. The third-order valence-corrected chi connectivity index (χ3v) is 8.73. The summed E-state index contributed by atoms with van der Waals surface area (Å²) >= 11 is 3.21. The fraction of sp³-hybridized carbons (Fsp3) is 0.318. The van der Waals surface area contributed by atoms with Gasteiger partial charge in [0.15, 0.2) is 10.9 Å². The summed E-state index contributed by atoms with van der Waals surface area (Å²) in [5.41, 5.74) is 2.01. The Morgan fingerprint density at radius 1 is 1.18 bits per heavy atom. The van der Waals surface area contributed by atoms with Crippen LogP contribution in [0.3, 0.4) is 0 Å². The lowest BCUT2D eigenvalue weighted by molar-refractivity contribution is -0.147. The summed E-state index contributed by atoms with van der Waals surface area (Å²) < 4.78 is 32.8. The first-order valence-corrected chi connectivity index (χ1v) is 13.4. The number of fused-ring (bicyclic) bond motifs is 1. The van der Waals surface area contributed by atoms with Crippen LogP contribution in [0.4, 0.5) is 5.69 Å². The SMILES string of the molecule is Cc1ccc(S(=O)(=O)N(C)C)cc1NC(=O)COC(=O)CCCSc1nc2ccccc2s1. The molecule has 0 fully saturated rings. The number of carbonyl (C=O) groups excluding carboxylic acids is 2. The van der Waals surface area contributed by atoms with Crippen molar-refractivity contribution in [2.45, 2.75) is 29.0 Å². The van der Waals surface area contributed by atoms with Gasteiger partial charge in [0.25, 0.3) is 5.91 Å². The first-order chi connectivity index (χ1) is 15.7. The molecule has 0 saturated heterocycles. The summed E-state index contributed by atoms with van der Waals surface area (Å²) in [5, 5.41) is 2.61. The van der Waals surface area contributed by atoms with E-state index in [1.807, 2.05) is 24.3 Å². The van der Waals surface area contributed by atoms with Crippen LogP contribution >= 0.6 is 23.1 Å². The van der Waals surface area contributed by atoms with Crippen molar-refractivity contribution < 1.29 is 22.7 Å². The number of hydrogen-bond donors (Lipinski definition) is 1. The Hall–Kier alpha value is -2.47. The van der Waals surface area contributed by atoms with Gasteiger partial charge < -0.3 is 10.1 Å². The van der Waals surface area contributed by atoms with Crippen LogP contribution < -0.4 is 5.32 Å². The average molecular weight is 508 g/mol. The van der Waals surface area contributed by atoms with Gasteiger partial charge in [-0.1, -0.05) is 30.0 Å². The van der Waals surface area contributed by atoms with E-state index in [1.54, 1.807) is 36.1 Å². The summed E-state index contributed by atoms with van der Waals surface area (Å²) in [6.07, 6.45) is 0.797. The summed E-state index contributed by atoms with van der Waals surface area (Å²) in [6, 6.07) is 12.4. The standard InChI is InChI=1S/C22H25N3O5S3/c1-15-10-11-16(33(28,29)25(2)3)13-18(15)23-20(26)14-30-21(27)9-6-12-31-22-24-17-7-4-5-8-19(17)32-22/h4-5,7-8,10-11,13H,6,9,12,14H2,1-3H3,(H,23,26). The van der Waals surface area contributed by atoms with Crippen molar-refractivity contribution in [1.29, 1.82) is 0 Å². The minimum atomic E-state index is -3.63. The molecule has 0 aliphatic carbocycles. The minimum absolute atomic E-state index is 0.0658. The molecule has 3 aromatic rings. The van der Waals surface area contributed by atoms with Crippen molar-refractivity contribution in [2.75, 3.05) is 31.8 Å². The Kier molecular flexibility index (Phi) is 8.46. The third-order valence-electron chi connectivity index (χ3n) is 4.65. The summed E-state index contributed by atoms with van der Waals surface area (Å²) in [5.74, 6) is -0.279. The van der Waals surface area contributed by atoms with Crippen LogP contribution in [-0.2, 0) is 24.3 Å². The van der Waals surface area contributed by atoms with E-state index in [1.165, 1.54) is 26.2 Å². The van der Waals surface area contributed by atoms with Crippen LogP contribution in [-0.4, -0.2) is 56.0 Å². The number of thioether (sulfide) groups is 1. The maximum Gasteiger partial charge on any atom is 0.306 e. The second-order valence-electron chi connectivity index (χ2n) is 7.37. The van der Waals surface area contributed by atoms with Crippen LogP contribution in [0.2, 0.25) is 0 Å². The zero-order valence-electron chi connectivity index (χ0n) is 18.5. The molecule has 1 amide bonds. The molecule has 0 spiro atoms. The molecule has 0 bridgehead atoms. The van der Waals surface area contributed by atoms with Gasteiger partial charge in [-0.05, 0) is 43.2 Å². The van der Waals surface area contributed by atoms with Gasteiger partial charge in [-0.25, -0.2) is 17.7 Å². The van der Waals surface area contributed by atoms with E-state index < -0.39 is 28.5 Å². The van der Waals surface area contributed by atoms with Gasteiger partial charge in [0.2, 0.25) is 10.0 Å². The van der Waals surface area contributed by atoms with Crippen molar-refractivity contribution in [2.24, 2.45) is 0 Å². The fourth-order valence-corrected chi connectivity index (χ4v) is 5.81. The lowest BCUT2D eigenvalue weighted by Gasteiger charge is -2.14. The zero-order chi connectivity index (χ0) is 24.0. The molecule has 3 rings (SSSR count). The molecule has 0 atom stereocenters. The molecule has 0 radical (unpaired) electrons. The van der Waals surface area contributed by atoms with Crippen LogP contribution in [0.25, 0.3) is 10.2 Å². The zero-order valence-corrected chi connectivity index (χ0v) is 21.0. The second kappa shape index (κ2) is 11.1. The van der Waals surface area contributed by atoms with E-state index >= 15 is 0 Å². The largest absolute Gasteiger partial charge is 0.456 e. The minimum Gasteiger partial charge on any atom is -0.456 e. The first kappa shape index (κ1) is 25.2. The Morgan fingerprint density at radius 2 is 1.94 bits per heavy atom. The predicted molar refractivity (Wildman–Crippen MR) is 131 cm³/mol. The average Bonchev–Trinajstić information content (AvgIpc) is 3.19. The molecule has 11 heteroatoms. The fourth-order valence-electron chi connectivity index (χ4n) is 2.80. The number of benzene rings is 2. The molecular weight excluding hydrogens is 482 g/mol. The topological polar surface area (TPSA) is 106 Å². The number of nitrogens with one attached hydrogen (secondary N) is 1. The lowest BCUT2D eigenvalue weighted by atomic mass is 10.2. The molecule has 1 N–H and O–H groups in total. The van der Waals surface area contributed by atoms with Gasteiger partial charge in [-0.2, -0.15) is 0 Å². The normalized spacial score (nSPS) is 11.6. The van der Waals surface area contributed by atoms with Crippen molar-refractivity contribution >= 4 is 60.9 Å². The number of amides is 1. The molecular formula is C22H25N3O5S3. The highest BCUT2D eigenvalue weighted by Crippen LogP contribution is 2.29. The number of nitrogens with zero attached hydrogens (tertiary/aromatic N) is 2. The maximum atomic E-state index is 12.3. The van der Waals surface area contributed by atoms with Crippen LogP contribution in [0.5, 0.6) is 0 Å². The smallest absolute Gasteiger partial charge is 0.306 e. The van der Waals surface area contributed by atoms with Crippen LogP contribution in [0, 0.1) is 6.92 Å². The van der Waals surface area contributed by atoms with E-state index in [-0.39, 0.29) is 11.3 Å². The van der Waals surface area contributed by atoms with Crippen molar-refractivity contribution in [3.8, 4) is 0 Å². The quantitative estimate of drug-likeness (QED) is 0.252. The molecule has 2 aromatic carbocycles. The van der Waals surface area contributed by atoms with Crippen molar-refractivity contribution in [3.05, 3.63) is 48.0 Å². The second-order valence-corrected chi connectivity index (χ2v) is 11.9.